The standard InChI is InChI=1S/C15H16N2O2/c1-3-11-4-6-13(7-5-11)17-14-9-12(15(18)19)8-10(2)16-14/h4-9H,3H2,1-2H3,(H,16,17)(H,18,19). The van der Waals surface area contributed by atoms with E-state index in [1.807, 2.05) is 24.3 Å². The summed E-state index contributed by atoms with van der Waals surface area (Å²) in [6.45, 7) is 3.88. The van der Waals surface area contributed by atoms with Crippen molar-refractivity contribution in [2.75, 3.05) is 5.32 Å². The first-order chi connectivity index (χ1) is 9.08. The molecule has 1 aromatic heterocycles. The van der Waals surface area contributed by atoms with Crippen molar-refractivity contribution in [3.05, 3.63) is 53.2 Å². The van der Waals surface area contributed by atoms with Crippen molar-refractivity contribution in [1.82, 2.24) is 4.98 Å². The fourth-order valence-electron chi connectivity index (χ4n) is 1.83. The number of carboxylic acids is 1. The summed E-state index contributed by atoms with van der Waals surface area (Å²) < 4.78 is 0. The molecule has 0 bridgehead atoms. The number of nitrogens with one attached hydrogen (secondary N) is 1. The van der Waals surface area contributed by atoms with Crippen LogP contribution in [0.3, 0.4) is 0 Å². The van der Waals surface area contributed by atoms with Crippen molar-refractivity contribution in [1.29, 1.82) is 0 Å². The SMILES string of the molecule is CCc1ccc(Nc2cc(C(=O)O)cc(C)n2)cc1. The number of aromatic carboxylic acids is 1. The largest absolute Gasteiger partial charge is 0.478 e. The molecule has 0 aliphatic rings. The lowest BCUT2D eigenvalue weighted by molar-refractivity contribution is 0.0696. The van der Waals surface area contributed by atoms with Gasteiger partial charge in [0, 0.05) is 11.4 Å². The van der Waals surface area contributed by atoms with Crippen LogP contribution in [0.2, 0.25) is 0 Å². The highest BCUT2D eigenvalue weighted by molar-refractivity contribution is 5.88. The number of pyridine rings is 1. The molecule has 4 nitrogen and oxygen atoms in total. The molecule has 0 spiro atoms. The van der Waals surface area contributed by atoms with E-state index in [-0.39, 0.29) is 5.56 Å². The lowest BCUT2D eigenvalue weighted by Gasteiger charge is -2.08. The van der Waals surface area contributed by atoms with Gasteiger partial charge in [-0.2, -0.15) is 0 Å². The molecule has 98 valence electrons. The number of aromatic nitrogens is 1. The van der Waals surface area contributed by atoms with Crippen LogP contribution in [0.25, 0.3) is 0 Å². The summed E-state index contributed by atoms with van der Waals surface area (Å²) in [5, 5.41) is 12.1. The van der Waals surface area contributed by atoms with Gasteiger partial charge in [-0.05, 0) is 43.2 Å². The molecule has 0 atom stereocenters. The van der Waals surface area contributed by atoms with Crippen LogP contribution in [0.5, 0.6) is 0 Å². The Labute approximate surface area is 112 Å². The van der Waals surface area contributed by atoms with E-state index in [0.717, 1.165) is 12.1 Å². The topological polar surface area (TPSA) is 62.2 Å². The van der Waals surface area contributed by atoms with E-state index in [4.69, 9.17) is 5.11 Å². The van der Waals surface area contributed by atoms with Crippen LogP contribution in [0.4, 0.5) is 11.5 Å². The summed E-state index contributed by atoms with van der Waals surface area (Å²) in [6.07, 6.45) is 0.992. The van der Waals surface area contributed by atoms with Gasteiger partial charge in [0.1, 0.15) is 5.82 Å². The van der Waals surface area contributed by atoms with Crippen molar-refractivity contribution in [2.45, 2.75) is 20.3 Å². The van der Waals surface area contributed by atoms with E-state index in [9.17, 15) is 4.79 Å². The molecule has 0 amide bonds. The second kappa shape index (κ2) is 5.52. The third-order valence-corrected chi connectivity index (χ3v) is 2.83. The van der Waals surface area contributed by atoms with Crippen LogP contribution in [0.1, 0.15) is 28.5 Å². The minimum Gasteiger partial charge on any atom is -0.478 e. The number of aryl methyl sites for hydroxylation is 2. The van der Waals surface area contributed by atoms with Gasteiger partial charge in [0.15, 0.2) is 0 Å². The minimum absolute atomic E-state index is 0.236. The molecule has 4 heteroatoms. The molecule has 19 heavy (non-hydrogen) atoms. The Morgan fingerprint density at radius 2 is 1.95 bits per heavy atom. The zero-order chi connectivity index (χ0) is 13.8. The number of hydrogen-bond donors (Lipinski definition) is 2. The average molecular weight is 256 g/mol. The van der Waals surface area contributed by atoms with E-state index < -0.39 is 5.97 Å². The molecular weight excluding hydrogens is 240 g/mol. The zero-order valence-corrected chi connectivity index (χ0v) is 11.0. The van der Waals surface area contributed by atoms with Crippen LogP contribution in [-0.2, 0) is 6.42 Å². The Balaban J connectivity index is 2.24. The fraction of sp³-hybridized carbons (Fsp3) is 0.200. The number of carbonyl (C=O) groups is 1. The third-order valence-electron chi connectivity index (χ3n) is 2.83. The summed E-state index contributed by atoms with van der Waals surface area (Å²) in [5.41, 5.74) is 3.06. The second-order valence-electron chi connectivity index (χ2n) is 4.36. The normalized spacial score (nSPS) is 10.2. The molecule has 0 saturated heterocycles. The van der Waals surface area contributed by atoms with Gasteiger partial charge in [-0.25, -0.2) is 9.78 Å². The number of carboxylic acid groups (broad SMARTS) is 1. The summed E-state index contributed by atoms with van der Waals surface area (Å²) in [4.78, 5) is 15.3. The predicted octanol–water partition coefficient (Wildman–Crippen LogP) is 3.39. The van der Waals surface area contributed by atoms with Gasteiger partial charge in [-0.15, -0.1) is 0 Å². The molecule has 1 aromatic carbocycles. The van der Waals surface area contributed by atoms with Crippen LogP contribution in [0, 0.1) is 6.92 Å². The Kier molecular flexibility index (Phi) is 3.80. The summed E-state index contributed by atoms with van der Waals surface area (Å²) in [7, 11) is 0. The highest BCUT2D eigenvalue weighted by atomic mass is 16.4. The first kappa shape index (κ1) is 13.1. The number of benzene rings is 1. The van der Waals surface area contributed by atoms with Gasteiger partial charge < -0.3 is 10.4 Å². The second-order valence-corrected chi connectivity index (χ2v) is 4.36. The van der Waals surface area contributed by atoms with Gasteiger partial charge in [0.25, 0.3) is 0 Å². The summed E-state index contributed by atoms with van der Waals surface area (Å²) in [5.74, 6) is -0.406. The highest BCUT2D eigenvalue weighted by Gasteiger charge is 2.06. The Hall–Kier alpha value is -2.36. The smallest absolute Gasteiger partial charge is 0.335 e. The number of anilines is 2. The van der Waals surface area contributed by atoms with Crippen molar-refractivity contribution in [3.8, 4) is 0 Å². The Morgan fingerprint density at radius 3 is 2.53 bits per heavy atom. The third kappa shape index (κ3) is 3.31. The molecule has 2 N–H and O–H groups in total. The van der Waals surface area contributed by atoms with Crippen LogP contribution in [0.15, 0.2) is 36.4 Å². The van der Waals surface area contributed by atoms with Gasteiger partial charge in [-0.3, -0.25) is 0 Å². The average Bonchev–Trinajstić information content (AvgIpc) is 2.39. The first-order valence-corrected chi connectivity index (χ1v) is 6.16. The molecule has 0 radical (unpaired) electrons. The maximum atomic E-state index is 11.0. The van der Waals surface area contributed by atoms with Crippen LogP contribution >= 0.6 is 0 Å². The fourth-order valence-corrected chi connectivity index (χ4v) is 1.83. The van der Waals surface area contributed by atoms with E-state index in [1.165, 1.54) is 11.6 Å². The molecule has 0 saturated carbocycles. The Bertz CT molecular complexity index is 592. The van der Waals surface area contributed by atoms with Crippen LogP contribution in [-0.4, -0.2) is 16.1 Å². The molecule has 2 aromatic rings. The molecule has 0 fully saturated rings. The van der Waals surface area contributed by atoms with E-state index in [1.54, 1.807) is 13.0 Å². The monoisotopic (exact) mass is 256 g/mol. The number of hydrogen-bond acceptors (Lipinski definition) is 3. The summed E-state index contributed by atoms with van der Waals surface area (Å²) >= 11 is 0. The van der Waals surface area contributed by atoms with E-state index in [2.05, 4.69) is 17.2 Å². The molecule has 0 aliphatic carbocycles. The molecule has 0 aliphatic heterocycles. The first-order valence-electron chi connectivity index (χ1n) is 6.16. The van der Waals surface area contributed by atoms with Gasteiger partial charge >= 0.3 is 5.97 Å². The van der Waals surface area contributed by atoms with Crippen molar-refractivity contribution < 1.29 is 9.90 Å². The van der Waals surface area contributed by atoms with E-state index >= 15 is 0 Å². The van der Waals surface area contributed by atoms with Gasteiger partial charge in [-0.1, -0.05) is 19.1 Å². The van der Waals surface area contributed by atoms with Crippen molar-refractivity contribution >= 4 is 17.5 Å². The van der Waals surface area contributed by atoms with Crippen molar-refractivity contribution in [2.24, 2.45) is 0 Å². The lowest BCUT2D eigenvalue weighted by Crippen LogP contribution is -2.02. The minimum atomic E-state index is -0.949. The zero-order valence-electron chi connectivity index (χ0n) is 11.0. The Morgan fingerprint density at radius 1 is 1.26 bits per heavy atom. The van der Waals surface area contributed by atoms with Crippen molar-refractivity contribution in [3.63, 3.8) is 0 Å². The molecule has 2 rings (SSSR count). The molecular formula is C15H16N2O2. The maximum absolute atomic E-state index is 11.0. The maximum Gasteiger partial charge on any atom is 0.335 e. The number of rotatable bonds is 4. The highest BCUT2D eigenvalue weighted by Crippen LogP contribution is 2.17. The lowest BCUT2D eigenvalue weighted by atomic mass is 10.1. The molecule has 0 unspecified atom stereocenters. The summed E-state index contributed by atoms with van der Waals surface area (Å²) in [6, 6.07) is 11.1. The quantitative estimate of drug-likeness (QED) is 0.880. The van der Waals surface area contributed by atoms with Crippen LogP contribution < -0.4 is 5.32 Å². The van der Waals surface area contributed by atoms with E-state index in [0.29, 0.717) is 11.5 Å². The van der Waals surface area contributed by atoms with Gasteiger partial charge in [0.2, 0.25) is 0 Å². The predicted molar refractivity (Wildman–Crippen MR) is 75.0 cm³/mol. The molecule has 1 heterocycles. The van der Waals surface area contributed by atoms with Gasteiger partial charge in [0.05, 0.1) is 5.56 Å². The number of nitrogens with zero attached hydrogens (tertiary/aromatic N) is 1.